The van der Waals surface area contributed by atoms with E-state index in [0.29, 0.717) is 0 Å². The first-order chi connectivity index (χ1) is 14.3. The van der Waals surface area contributed by atoms with Crippen molar-refractivity contribution >= 4 is 17.5 Å². The van der Waals surface area contributed by atoms with E-state index in [2.05, 4.69) is 10.3 Å². The Balaban J connectivity index is 2.00. The molecule has 1 saturated heterocycles. The lowest BCUT2D eigenvalue weighted by molar-refractivity contribution is -0.272. The Morgan fingerprint density at radius 1 is 1.16 bits per heavy atom. The maximum atomic E-state index is 13.8. The molecule has 2 amide bonds. The number of rotatable bonds is 4. The number of nitrogens with one attached hydrogen (secondary N) is 1. The summed E-state index contributed by atoms with van der Waals surface area (Å²) in [5.41, 5.74) is 2.27. The minimum Gasteiger partial charge on any atom is -0.364 e. The molecule has 6 nitrogen and oxygen atoms in total. The second kappa shape index (κ2) is 7.88. The van der Waals surface area contributed by atoms with Gasteiger partial charge < -0.3 is 15.8 Å². The smallest absolute Gasteiger partial charge is 0.364 e. The third-order valence-electron chi connectivity index (χ3n) is 5.54. The Kier molecular flexibility index (Phi) is 5.74. The average molecular weight is 443 g/mol. The van der Waals surface area contributed by atoms with Crippen molar-refractivity contribution in [2.24, 2.45) is 11.7 Å². The van der Waals surface area contributed by atoms with Gasteiger partial charge in [-0.3, -0.25) is 14.6 Å². The van der Waals surface area contributed by atoms with Gasteiger partial charge in [0, 0.05) is 23.7 Å². The number of anilines is 1. The summed E-state index contributed by atoms with van der Waals surface area (Å²) in [6, 6.07) is 5.09. The fourth-order valence-corrected chi connectivity index (χ4v) is 3.63. The number of nitrogens with two attached hydrogens (primary N) is 1. The summed E-state index contributed by atoms with van der Waals surface area (Å²) in [5.74, 6) is -6.82. The summed E-state index contributed by atoms with van der Waals surface area (Å²) in [5, 5.41) is 2.37. The number of ether oxygens (including phenoxy) is 1. The number of halogens is 5. The molecule has 0 radical (unpaired) electrons. The van der Waals surface area contributed by atoms with Gasteiger partial charge in [-0.2, -0.15) is 13.2 Å². The van der Waals surface area contributed by atoms with E-state index in [9.17, 15) is 31.5 Å². The summed E-state index contributed by atoms with van der Waals surface area (Å²) in [7, 11) is 0. The van der Waals surface area contributed by atoms with Crippen LogP contribution in [0.25, 0.3) is 0 Å². The molecule has 3 N–H and O–H groups in total. The minimum absolute atomic E-state index is 0.0212. The van der Waals surface area contributed by atoms with E-state index in [-0.39, 0.29) is 16.9 Å². The molecular weight excluding hydrogens is 425 g/mol. The van der Waals surface area contributed by atoms with Crippen molar-refractivity contribution in [1.82, 2.24) is 4.98 Å². The number of carbonyl (C=O) groups excluding carboxylic acids is 2. The van der Waals surface area contributed by atoms with Crippen molar-refractivity contribution in [3.63, 3.8) is 0 Å². The highest BCUT2D eigenvalue weighted by molar-refractivity contribution is 5.97. The topological polar surface area (TPSA) is 94.3 Å². The van der Waals surface area contributed by atoms with Crippen LogP contribution in [0, 0.1) is 17.6 Å². The monoisotopic (exact) mass is 443 g/mol. The highest BCUT2D eigenvalue weighted by atomic mass is 19.4. The van der Waals surface area contributed by atoms with Crippen LogP contribution in [0.4, 0.5) is 27.6 Å². The lowest BCUT2D eigenvalue weighted by Crippen LogP contribution is -2.47. The van der Waals surface area contributed by atoms with Gasteiger partial charge in [-0.1, -0.05) is 13.0 Å². The van der Waals surface area contributed by atoms with Crippen LogP contribution in [0.5, 0.6) is 0 Å². The van der Waals surface area contributed by atoms with Gasteiger partial charge in [0.15, 0.2) is 17.2 Å². The van der Waals surface area contributed by atoms with Crippen molar-refractivity contribution < 1.29 is 36.3 Å². The van der Waals surface area contributed by atoms with Crippen LogP contribution in [0.2, 0.25) is 0 Å². The quantitative estimate of drug-likeness (QED) is 0.707. The first-order valence-electron chi connectivity index (χ1n) is 9.11. The van der Waals surface area contributed by atoms with Gasteiger partial charge >= 0.3 is 6.18 Å². The number of hydrogen-bond acceptors (Lipinski definition) is 4. The molecule has 3 rings (SSSR count). The Morgan fingerprint density at radius 3 is 2.42 bits per heavy atom. The van der Waals surface area contributed by atoms with Gasteiger partial charge in [0.25, 0.3) is 11.8 Å². The Hall–Kier alpha value is -3.08. The summed E-state index contributed by atoms with van der Waals surface area (Å²) in [4.78, 5) is 27.9. The Labute approximate surface area is 173 Å². The molecule has 166 valence electrons. The third kappa shape index (κ3) is 4.09. The van der Waals surface area contributed by atoms with E-state index in [4.69, 9.17) is 10.5 Å². The molecule has 2 heterocycles. The maximum absolute atomic E-state index is 13.8. The summed E-state index contributed by atoms with van der Waals surface area (Å²) in [6.45, 7) is 2.03. The molecule has 4 atom stereocenters. The lowest BCUT2D eigenvalue weighted by atomic mass is 9.77. The molecular formula is C20H18F5N3O3. The second-order valence-electron chi connectivity index (χ2n) is 7.41. The molecule has 0 spiro atoms. The van der Waals surface area contributed by atoms with Crippen molar-refractivity contribution in [2.45, 2.75) is 37.6 Å². The second-order valence-corrected chi connectivity index (χ2v) is 7.41. The summed E-state index contributed by atoms with van der Waals surface area (Å²) in [6.07, 6.45) is -5.34. The molecule has 1 aliphatic rings. The van der Waals surface area contributed by atoms with Crippen LogP contribution in [0.1, 0.15) is 35.8 Å². The van der Waals surface area contributed by atoms with Crippen LogP contribution in [-0.2, 0) is 9.53 Å². The number of aromatic nitrogens is 1. The molecule has 0 unspecified atom stereocenters. The molecule has 1 fully saturated rings. The standard InChI is InChI=1S/C20H18F5N3O3/c1-9-15(10-3-4-12(21)13(22)7-10)16(31-19(9,2)20(23,24)25)18(30)28-11-5-6-27-14(8-11)17(26)29/h3-9,15-16H,1-2H3,(H2,26,29)(H,27,28,30)/t9-,15+,16+,19-/m1/s1. The van der Waals surface area contributed by atoms with Gasteiger partial charge in [0.1, 0.15) is 11.8 Å². The van der Waals surface area contributed by atoms with Gasteiger partial charge in [-0.05, 0) is 36.8 Å². The first-order valence-corrected chi connectivity index (χ1v) is 9.11. The molecule has 31 heavy (non-hydrogen) atoms. The van der Waals surface area contributed by atoms with Gasteiger partial charge in [-0.25, -0.2) is 8.78 Å². The highest BCUT2D eigenvalue weighted by Gasteiger charge is 2.65. The molecule has 2 aromatic rings. The number of carbonyl (C=O) groups is 2. The van der Waals surface area contributed by atoms with E-state index in [1.54, 1.807) is 0 Å². The fourth-order valence-electron chi connectivity index (χ4n) is 3.63. The predicted molar refractivity (Wildman–Crippen MR) is 99.0 cm³/mol. The molecule has 1 aliphatic heterocycles. The number of amides is 2. The SMILES string of the molecule is C[C@@H]1[C@@H](c2ccc(F)c(F)c2)[C@@H](C(=O)Nc2ccnc(C(N)=O)c2)O[C@@]1(C)C(F)(F)F. The van der Waals surface area contributed by atoms with E-state index in [0.717, 1.165) is 31.2 Å². The fraction of sp³-hybridized carbons (Fsp3) is 0.350. The van der Waals surface area contributed by atoms with E-state index < -0.39 is 53.2 Å². The molecule has 0 aliphatic carbocycles. The van der Waals surface area contributed by atoms with E-state index in [1.807, 2.05) is 0 Å². The Bertz CT molecular complexity index is 1030. The van der Waals surface area contributed by atoms with Gasteiger partial charge in [0.05, 0.1) is 0 Å². The number of alkyl halides is 3. The van der Waals surface area contributed by atoms with Crippen LogP contribution in [-0.4, -0.2) is 34.7 Å². The number of primary amides is 1. The zero-order chi connectivity index (χ0) is 23.1. The van der Waals surface area contributed by atoms with Crippen molar-refractivity contribution in [1.29, 1.82) is 0 Å². The normalized spacial score (nSPS) is 26.0. The molecule has 0 bridgehead atoms. The average Bonchev–Trinajstić information content (AvgIpc) is 2.96. The maximum Gasteiger partial charge on any atom is 0.417 e. The zero-order valence-electron chi connectivity index (χ0n) is 16.3. The summed E-state index contributed by atoms with van der Waals surface area (Å²) >= 11 is 0. The minimum atomic E-state index is -4.84. The molecule has 1 aromatic carbocycles. The van der Waals surface area contributed by atoms with E-state index >= 15 is 0 Å². The lowest BCUT2D eigenvalue weighted by Gasteiger charge is -2.31. The zero-order valence-corrected chi connectivity index (χ0v) is 16.3. The van der Waals surface area contributed by atoms with Crippen LogP contribution in [0.15, 0.2) is 36.5 Å². The number of nitrogens with zero attached hydrogens (tertiary/aromatic N) is 1. The highest BCUT2D eigenvalue weighted by Crippen LogP contribution is 2.53. The molecule has 11 heteroatoms. The Morgan fingerprint density at radius 2 is 1.84 bits per heavy atom. The first kappa shape index (κ1) is 22.6. The van der Waals surface area contributed by atoms with Crippen molar-refractivity contribution in [3.8, 4) is 0 Å². The van der Waals surface area contributed by atoms with Gasteiger partial charge in [-0.15, -0.1) is 0 Å². The third-order valence-corrected chi connectivity index (χ3v) is 5.54. The van der Waals surface area contributed by atoms with Crippen LogP contribution in [0.3, 0.4) is 0 Å². The van der Waals surface area contributed by atoms with Crippen LogP contribution < -0.4 is 11.1 Å². The largest absolute Gasteiger partial charge is 0.417 e. The van der Waals surface area contributed by atoms with Crippen molar-refractivity contribution in [3.05, 3.63) is 59.4 Å². The number of hydrogen-bond donors (Lipinski definition) is 2. The number of benzene rings is 1. The van der Waals surface area contributed by atoms with Gasteiger partial charge in [0.2, 0.25) is 0 Å². The number of pyridine rings is 1. The predicted octanol–water partition coefficient (Wildman–Crippen LogP) is 3.54. The summed E-state index contributed by atoms with van der Waals surface area (Å²) < 4.78 is 73.7. The molecule has 1 aromatic heterocycles. The molecule has 0 saturated carbocycles. The van der Waals surface area contributed by atoms with Crippen LogP contribution >= 0.6 is 0 Å². The van der Waals surface area contributed by atoms with E-state index in [1.165, 1.54) is 19.2 Å². The van der Waals surface area contributed by atoms with Crippen molar-refractivity contribution in [2.75, 3.05) is 5.32 Å².